The van der Waals surface area contributed by atoms with Crippen molar-refractivity contribution in [1.29, 1.82) is 0 Å². The smallest absolute Gasteiger partial charge is 0.228 e. The molecule has 0 aliphatic rings. The van der Waals surface area contributed by atoms with Crippen LogP contribution in [0.4, 0.5) is 5.69 Å². The minimum Gasteiger partial charge on any atom is -0.436 e. The Hall–Kier alpha value is -1.89. The Labute approximate surface area is 173 Å². The average molecular weight is 493 g/mol. The summed E-state index contributed by atoms with van der Waals surface area (Å²) in [4.78, 5) is 9.05. The first-order chi connectivity index (χ1) is 12.6. The molecule has 26 heavy (non-hydrogen) atoms. The van der Waals surface area contributed by atoms with Gasteiger partial charge in [-0.3, -0.25) is 4.99 Å². The van der Waals surface area contributed by atoms with Crippen LogP contribution in [0.2, 0.25) is 10.0 Å². The maximum Gasteiger partial charge on any atom is 0.228 e. The van der Waals surface area contributed by atoms with E-state index in [-0.39, 0.29) is 0 Å². The molecular formula is C20H11Cl2IN2O. The number of hydrogen-bond donors (Lipinski definition) is 0. The molecule has 0 atom stereocenters. The van der Waals surface area contributed by atoms with Crippen LogP contribution in [0.1, 0.15) is 5.56 Å². The first kappa shape index (κ1) is 17.5. The molecule has 3 aromatic carbocycles. The van der Waals surface area contributed by atoms with Gasteiger partial charge in [0.1, 0.15) is 5.52 Å². The van der Waals surface area contributed by atoms with Gasteiger partial charge in [-0.2, -0.15) is 0 Å². The molecule has 1 heterocycles. The molecule has 0 saturated heterocycles. The lowest BCUT2D eigenvalue weighted by molar-refractivity contribution is 0.620. The van der Waals surface area contributed by atoms with E-state index in [0.29, 0.717) is 32.6 Å². The van der Waals surface area contributed by atoms with Crippen LogP contribution in [0.15, 0.2) is 70.1 Å². The summed E-state index contributed by atoms with van der Waals surface area (Å²) in [5.41, 5.74) is 3.90. The minimum atomic E-state index is 0.428. The Morgan fingerprint density at radius 1 is 1.00 bits per heavy atom. The number of fused-ring (bicyclic) bond motifs is 1. The fourth-order valence-corrected chi connectivity index (χ4v) is 3.46. The summed E-state index contributed by atoms with van der Waals surface area (Å²) in [6.45, 7) is 0. The van der Waals surface area contributed by atoms with Gasteiger partial charge in [0.2, 0.25) is 5.89 Å². The molecule has 0 aliphatic carbocycles. The van der Waals surface area contributed by atoms with E-state index in [0.717, 1.165) is 11.3 Å². The fraction of sp³-hybridized carbons (Fsp3) is 0. The van der Waals surface area contributed by atoms with Crippen LogP contribution >= 0.6 is 45.8 Å². The van der Waals surface area contributed by atoms with Crippen molar-refractivity contribution in [3.8, 4) is 11.5 Å². The topological polar surface area (TPSA) is 38.4 Å². The predicted octanol–water partition coefficient (Wildman–Crippen LogP) is 7.16. The maximum atomic E-state index is 6.26. The highest BCUT2D eigenvalue weighted by atomic mass is 127. The zero-order valence-corrected chi connectivity index (χ0v) is 17.0. The summed E-state index contributed by atoms with van der Waals surface area (Å²) in [7, 11) is 0. The van der Waals surface area contributed by atoms with E-state index in [1.807, 2.05) is 54.7 Å². The molecule has 1 aromatic heterocycles. The zero-order chi connectivity index (χ0) is 18.1. The predicted molar refractivity (Wildman–Crippen MR) is 116 cm³/mol. The largest absolute Gasteiger partial charge is 0.436 e. The molecule has 0 unspecified atom stereocenters. The number of halogens is 3. The van der Waals surface area contributed by atoms with Gasteiger partial charge < -0.3 is 4.42 Å². The van der Waals surface area contributed by atoms with Gasteiger partial charge in [0.05, 0.1) is 21.3 Å². The summed E-state index contributed by atoms with van der Waals surface area (Å²) in [6, 6.07) is 19.1. The zero-order valence-electron chi connectivity index (χ0n) is 13.3. The van der Waals surface area contributed by atoms with E-state index in [9.17, 15) is 0 Å². The molecule has 0 radical (unpaired) electrons. The van der Waals surface area contributed by atoms with Crippen molar-refractivity contribution < 1.29 is 4.42 Å². The Balaban J connectivity index is 1.69. The summed E-state index contributed by atoms with van der Waals surface area (Å²) in [5.74, 6) is 0.436. The van der Waals surface area contributed by atoms with E-state index in [2.05, 4.69) is 38.6 Å². The van der Waals surface area contributed by atoms with Crippen molar-refractivity contribution >= 4 is 68.8 Å². The van der Waals surface area contributed by atoms with E-state index in [1.165, 1.54) is 3.57 Å². The van der Waals surface area contributed by atoms with Crippen LogP contribution in [-0.4, -0.2) is 11.2 Å². The van der Waals surface area contributed by atoms with Gasteiger partial charge in [-0.1, -0.05) is 41.4 Å². The molecule has 128 valence electrons. The Morgan fingerprint density at radius 2 is 1.85 bits per heavy atom. The first-order valence-corrected chi connectivity index (χ1v) is 9.58. The second kappa shape index (κ2) is 7.39. The van der Waals surface area contributed by atoms with Crippen molar-refractivity contribution in [3.63, 3.8) is 0 Å². The quantitative estimate of drug-likeness (QED) is 0.225. The number of hydrogen-bond acceptors (Lipinski definition) is 3. The molecule has 0 fully saturated rings. The number of rotatable bonds is 3. The number of oxazole rings is 1. The van der Waals surface area contributed by atoms with E-state index >= 15 is 0 Å². The van der Waals surface area contributed by atoms with Gasteiger partial charge in [0, 0.05) is 9.78 Å². The molecule has 6 heteroatoms. The summed E-state index contributed by atoms with van der Waals surface area (Å²) in [6.07, 6.45) is 1.83. The van der Waals surface area contributed by atoms with Crippen LogP contribution in [0.3, 0.4) is 0 Å². The SMILES string of the molecule is Clc1cccc(-c2nc3cc(N=Cc4cccc(I)c4)ccc3o2)c1Cl. The van der Waals surface area contributed by atoms with E-state index in [1.54, 1.807) is 6.07 Å². The molecule has 4 rings (SSSR count). The third kappa shape index (κ3) is 3.63. The van der Waals surface area contributed by atoms with Gasteiger partial charge in [-0.05, 0) is 70.6 Å². The van der Waals surface area contributed by atoms with E-state index < -0.39 is 0 Å². The van der Waals surface area contributed by atoms with Crippen molar-refractivity contribution in [2.45, 2.75) is 0 Å². The number of aromatic nitrogens is 1. The summed E-state index contributed by atoms with van der Waals surface area (Å²) >= 11 is 14.6. The Bertz CT molecular complexity index is 1140. The molecule has 0 bridgehead atoms. The van der Waals surface area contributed by atoms with Gasteiger partial charge in [-0.15, -0.1) is 0 Å². The van der Waals surface area contributed by atoms with E-state index in [4.69, 9.17) is 27.6 Å². The summed E-state index contributed by atoms with van der Waals surface area (Å²) in [5, 5.41) is 0.895. The highest BCUT2D eigenvalue weighted by molar-refractivity contribution is 14.1. The lowest BCUT2D eigenvalue weighted by Gasteiger charge is -2.00. The number of benzene rings is 3. The van der Waals surface area contributed by atoms with Crippen molar-refractivity contribution in [2.24, 2.45) is 4.99 Å². The fourth-order valence-electron chi connectivity index (χ4n) is 2.52. The van der Waals surface area contributed by atoms with Crippen LogP contribution in [0, 0.1) is 3.57 Å². The average Bonchev–Trinajstić information content (AvgIpc) is 3.05. The molecular weight excluding hydrogens is 482 g/mol. The Kier molecular flexibility index (Phi) is 4.98. The molecule has 0 spiro atoms. The highest BCUT2D eigenvalue weighted by Gasteiger charge is 2.13. The second-order valence-electron chi connectivity index (χ2n) is 5.59. The van der Waals surface area contributed by atoms with Crippen LogP contribution in [0.5, 0.6) is 0 Å². The monoisotopic (exact) mass is 492 g/mol. The second-order valence-corrected chi connectivity index (χ2v) is 7.62. The molecule has 3 nitrogen and oxygen atoms in total. The lowest BCUT2D eigenvalue weighted by atomic mass is 10.2. The molecule has 0 aliphatic heterocycles. The normalized spacial score (nSPS) is 11.5. The van der Waals surface area contributed by atoms with Crippen LogP contribution in [0.25, 0.3) is 22.6 Å². The van der Waals surface area contributed by atoms with Gasteiger partial charge >= 0.3 is 0 Å². The first-order valence-electron chi connectivity index (χ1n) is 7.75. The maximum absolute atomic E-state index is 6.26. The highest BCUT2D eigenvalue weighted by Crippen LogP contribution is 2.35. The van der Waals surface area contributed by atoms with Crippen molar-refractivity contribution in [2.75, 3.05) is 0 Å². The van der Waals surface area contributed by atoms with Gasteiger partial charge in [-0.25, -0.2) is 4.98 Å². The third-order valence-electron chi connectivity index (χ3n) is 3.76. The minimum absolute atomic E-state index is 0.428. The number of aliphatic imine (C=N–C) groups is 1. The van der Waals surface area contributed by atoms with Gasteiger partial charge in [0.15, 0.2) is 5.58 Å². The lowest BCUT2D eigenvalue weighted by Crippen LogP contribution is -1.81. The molecule has 0 amide bonds. The van der Waals surface area contributed by atoms with Crippen LogP contribution < -0.4 is 0 Å². The van der Waals surface area contributed by atoms with Crippen molar-refractivity contribution in [1.82, 2.24) is 4.98 Å². The third-order valence-corrected chi connectivity index (χ3v) is 5.25. The molecule has 4 aromatic rings. The standard InChI is InChI=1S/C20H11Cl2IN2O/c21-16-6-2-5-15(19(16)22)20-25-17-10-14(7-8-18(17)26-20)24-11-12-3-1-4-13(23)9-12/h1-11H. The molecule has 0 saturated carbocycles. The van der Waals surface area contributed by atoms with Gasteiger partial charge in [0.25, 0.3) is 0 Å². The van der Waals surface area contributed by atoms with Crippen molar-refractivity contribution in [3.05, 3.63) is 79.8 Å². The molecule has 0 N–H and O–H groups in total. The number of nitrogens with zero attached hydrogens (tertiary/aromatic N) is 2. The van der Waals surface area contributed by atoms with Crippen LogP contribution in [-0.2, 0) is 0 Å². The summed E-state index contributed by atoms with van der Waals surface area (Å²) < 4.78 is 6.98. The Morgan fingerprint density at radius 3 is 2.69 bits per heavy atom.